The Labute approximate surface area is 162 Å². The minimum absolute atomic E-state index is 0.226. The summed E-state index contributed by atoms with van der Waals surface area (Å²) >= 11 is 0. The molecule has 0 rings (SSSR count). The van der Waals surface area contributed by atoms with Crippen LogP contribution in [0.15, 0.2) is 12.2 Å². The van der Waals surface area contributed by atoms with Crippen LogP contribution in [-0.2, 0) is 9.59 Å². The number of allylic oxidation sites excluding steroid dienone is 2. The van der Waals surface area contributed by atoms with Crippen molar-refractivity contribution in [2.75, 3.05) is 0 Å². The van der Waals surface area contributed by atoms with Crippen molar-refractivity contribution in [3.63, 3.8) is 0 Å². The smallest absolute Gasteiger partial charge is 0.198 e. The molecular weight excluding hydrogens is 322 g/mol. The van der Waals surface area contributed by atoms with Crippen molar-refractivity contribution in [1.82, 2.24) is 0 Å². The van der Waals surface area contributed by atoms with E-state index in [0.29, 0.717) is 12.8 Å². The SMILES string of the molecule is CC(C)[C@H](N)C(=O)CCCCCCCC/C=C\CCCCCCC[C]=O. The summed E-state index contributed by atoms with van der Waals surface area (Å²) in [7, 11) is 0. The quantitative estimate of drug-likeness (QED) is 0.224. The molecule has 26 heavy (non-hydrogen) atoms. The van der Waals surface area contributed by atoms with E-state index in [1.165, 1.54) is 57.8 Å². The Kier molecular flexibility index (Phi) is 18.1. The number of unbranched alkanes of at least 4 members (excludes halogenated alkanes) is 12. The van der Waals surface area contributed by atoms with Crippen LogP contribution in [0.4, 0.5) is 0 Å². The number of nitrogens with two attached hydrogens (primary N) is 1. The zero-order valence-corrected chi connectivity index (χ0v) is 17.3. The molecule has 0 aliphatic heterocycles. The van der Waals surface area contributed by atoms with Crippen LogP contribution < -0.4 is 5.73 Å². The van der Waals surface area contributed by atoms with Gasteiger partial charge in [-0.25, -0.2) is 0 Å². The molecule has 0 unspecified atom stereocenters. The lowest BCUT2D eigenvalue weighted by molar-refractivity contribution is -0.121. The van der Waals surface area contributed by atoms with Crippen molar-refractivity contribution < 1.29 is 9.59 Å². The number of rotatable bonds is 19. The van der Waals surface area contributed by atoms with Crippen molar-refractivity contribution >= 4 is 12.1 Å². The van der Waals surface area contributed by atoms with Crippen LogP contribution in [-0.4, -0.2) is 18.1 Å². The van der Waals surface area contributed by atoms with Crippen molar-refractivity contribution in [2.45, 2.75) is 116 Å². The standard InChI is InChI=1S/C23H42NO2/c1-21(2)23(24)22(26)19-17-15-13-11-9-7-5-3-4-6-8-10-12-14-16-18-20-25/h3-4,21,23H,5-19,24H2,1-2H3/b4-3-/t23-/m0/s1. The number of ketones is 1. The highest BCUT2D eigenvalue weighted by molar-refractivity contribution is 5.83. The molecule has 0 aliphatic carbocycles. The van der Waals surface area contributed by atoms with Gasteiger partial charge in [-0.1, -0.05) is 70.9 Å². The molecule has 0 aromatic rings. The summed E-state index contributed by atoms with van der Waals surface area (Å²) in [6.07, 6.45) is 23.4. The van der Waals surface area contributed by atoms with Gasteiger partial charge in [-0.3, -0.25) is 9.59 Å². The summed E-state index contributed by atoms with van der Waals surface area (Å²) in [5.74, 6) is 0.479. The maximum absolute atomic E-state index is 11.8. The molecule has 0 amide bonds. The Morgan fingerprint density at radius 1 is 0.808 bits per heavy atom. The summed E-state index contributed by atoms with van der Waals surface area (Å²) in [6.45, 7) is 4.02. The molecule has 0 saturated carbocycles. The van der Waals surface area contributed by atoms with Gasteiger partial charge < -0.3 is 5.73 Å². The van der Waals surface area contributed by atoms with Crippen LogP contribution in [0.1, 0.15) is 110 Å². The summed E-state index contributed by atoms with van der Waals surface area (Å²) in [4.78, 5) is 21.9. The Hall–Kier alpha value is -0.960. The predicted molar refractivity (Wildman–Crippen MR) is 112 cm³/mol. The molecule has 3 heteroatoms. The van der Waals surface area contributed by atoms with Crippen LogP contribution in [0.25, 0.3) is 0 Å². The second-order valence-corrected chi connectivity index (χ2v) is 7.82. The molecule has 0 aliphatic rings. The molecule has 1 atom stereocenters. The van der Waals surface area contributed by atoms with Gasteiger partial charge in [0.15, 0.2) is 6.29 Å². The number of hydrogen-bond donors (Lipinski definition) is 1. The van der Waals surface area contributed by atoms with Crippen LogP contribution >= 0.6 is 0 Å². The number of Topliss-reactive ketones (excluding diaryl/α,β-unsaturated/α-hetero) is 1. The van der Waals surface area contributed by atoms with Gasteiger partial charge in [0.1, 0.15) is 5.78 Å². The van der Waals surface area contributed by atoms with Crippen molar-refractivity contribution in [2.24, 2.45) is 11.7 Å². The first-order chi connectivity index (χ1) is 12.6. The first kappa shape index (κ1) is 25.0. The molecular formula is C23H42NO2. The Balaban J connectivity index is 3.26. The fourth-order valence-electron chi connectivity index (χ4n) is 3.03. The second-order valence-electron chi connectivity index (χ2n) is 7.82. The van der Waals surface area contributed by atoms with E-state index in [2.05, 4.69) is 12.2 Å². The normalized spacial score (nSPS) is 12.8. The fraction of sp³-hybridized carbons (Fsp3) is 0.826. The van der Waals surface area contributed by atoms with Gasteiger partial charge in [0.05, 0.1) is 6.04 Å². The summed E-state index contributed by atoms with van der Waals surface area (Å²) in [6, 6.07) is -0.275. The topological polar surface area (TPSA) is 60.2 Å². The first-order valence-electron chi connectivity index (χ1n) is 10.9. The highest BCUT2D eigenvalue weighted by atomic mass is 16.1. The third-order valence-electron chi connectivity index (χ3n) is 4.95. The maximum atomic E-state index is 11.8. The molecule has 0 fully saturated rings. The second kappa shape index (κ2) is 18.8. The molecule has 3 nitrogen and oxygen atoms in total. The molecule has 2 N–H and O–H groups in total. The van der Waals surface area contributed by atoms with E-state index in [-0.39, 0.29) is 17.7 Å². The van der Waals surface area contributed by atoms with E-state index < -0.39 is 0 Å². The first-order valence-corrected chi connectivity index (χ1v) is 10.9. The fourth-order valence-corrected chi connectivity index (χ4v) is 3.03. The predicted octanol–water partition coefficient (Wildman–Crippen LogP) is 6.06. The molecule has 0 spiro atoms. The van der Waals surface area contributed by atoms with Crippen LogP contribution in [0.3, 0.4) is 0 Å². The van der Waals surface area contributed by atoms with E-state index in [9.17, 15) is 9.59 Å². The molecule has 0 aromatic carbocycles. The van der Waals surface area contributed by atoms with E-state index in [0.717, 1.165) is 25.7 Å². The average molecular weight is 365 g/mol. The third kappa shape index (κ3) is 16.5. The third-order valence-corrected chi connectivity index (χ3v) is 4.95. The Morgan fingerprint density at radius 3 is 1.77 bits per heavy atom. The van der Waals surface area contributed by atoms with Crippen molar-refractivity contribution in [3.8, 4) is 0 Å². The van der Waals surface area contributed by atoms with Gasteiger partial charge >= 0.3 is 0 Å². The van der Waals surface area contributed by atoms with Gasteiger partial charge in [0.2, 0.25) is 0 Å². The summed E-state index contributed by atoms with van der Waals surface area (Å²) < 4.78 is 0. The Bertz CT molecular complexity index is 363. The molecule has 151 valence electrons. The van der Waals surface area contributed by atoms with E-state index >= 15 is 0 Å². The monoisotopic (exact) mass is 364 g/mol. The highest BCUT2D eigenvalue weighted by Crippen LogP contribution is 2.12. The lowest BCUT2D eigenvalue weighted by atomic mass is 9.97. The number of hydrogen-bond acceptors (Lipinski definition) is 3. The van der Waals surface area contributed by atoms with Crippen LogP contribution in [0, 0.1) is 5.92 Å². The summed E-state index contributed by atoms with van der Waals surface area (Å²) in [5, 5.41) is 0. The molecule has 0 aromatic heterocycles. The van der Waals surface area contributed by atoms with Gasteiger partial charge in [0, 0.05) is 12.8 Å². The molecule has 0 saturated heterocycles. The molecule has 0 heterocycles. The highest BCUT2D eigenvalue weighted by Gasteiger charge is 2.15. The lowest BCUT2D eigenvalue weighted by Gasteiger charge is -2.13. The largest absolute Gasteiger partial charge is 0.321 e. The lowest BCUT2D eigenvalue weighted by Crippen LogP contribution is -2.35. The number of carbonyl (C=O) groups is 1. The minimum Gasteiger partial charge on any atom is -0.321 e. The van der Waals surface area contributed by atoms with E-state index in [1.54, 1.807) is 0 Å². The van der Waals surface area contributed by atoms with E-state index in [1.807, 2.05) is 20.1 Å². The van der Waals surface area contributed by atoms with Gasteiger partial charge in [-0.05, 0) is 44.4 Å². The van der Waals surface area contributed by atoms with Gasteiger partial charge in [0.25, 0.3) is 0 Å². The zero-order chi connectivity index (χ0) is 19.5. The Morgan fingerprint density at radius 2 is 1.27 bits per heavy atom. The number of carbonyl (C=O) groups excluding carboxylic acids is 2. The van der Waals surface area contributed by atoms with Crippen molar-refractivity contribution in [1.29, 1.82) is 0 Å². The molecule has 1 radical (unpaired) electrons. The van der Waals surface area contributed by atoms with Gasteiger partial charge in [-0.2, -0.15) is 0 Å². The maximum Gasteiger partial charge on any atom is 0.198 e. The van der Waals surface area contributed by atoms with E-state index in [4.69, 9.17) is 5.73 Å². The zero-order valence-electron chi connectivity index (χ0n) is 17.3. The van der Waals surface area contributed by atoms with Gasteiger partial charge in [-0.15, -0.1) is 0 Å². The summed E-state index contributed by atoms with van der Waals surface area (Å²) in [5.41, 5.74) is 5.86. The van der Waals surface area contributed by atoms with Crippen LogP contribution in [0.5, 0.6) is 0 Å². The van der Waals surface area contributed by atoms with Crippen LogP contribution in [0.2, 0.25) is 0 Å². The van der Waals surface area contributed by atoms with Crippen molar-refractivity contribution in [3.05, 3.63) is 12.2 Å². The minimum atomic E-state index is -0.275. The average Bonchev–Trinajstić information content (AvgIpc) is 2.63. The molecule has 0 bridgehead atoms.